The summed E-state index contributed by atoms with van der Waals surface area (Å²) in [5.74, 6) is 0. The van der Waals surface area contributed by atoms with Crippen LogP contribution in [0.15, 0.2) is 42.5 Å². The van der Waals surface area contributed by atoms with Crippen LogP contribution in [0.1, 0.15) is 25.7 Å². The van der Waals surface area contributed by atoms with E-state index in [1.807, 2.05) is 42.5 Å². The van der Waals surface area contributed by atoms with Gasteiger partial charge in [0.15, 0.2) is 0 Å². The van der Waals surface area contributed by atoms with E-state index in [-0.39, 0.29) is 0 Å². The van der Waals surface area contributed by atoms with Gasteiger partial charge in [0.05, 0.1) is 11.8 Å². The maximum Gasteiger partial charge on any atom is 0.412 e. The Kier molecular flexibility index (Phi) is 4.06. The molecule has 3 rings (SSSR count). The van der Waals surface area contributed by atoms with Gasteiger partial charge in [-0.2, -0.15) is 0 Å². The molecule has 2 atom stereocenters. The van der Waals surface area contributed by atoms with Crippen LogP contribution in [0.25, 0.3) is 10.8 Å². The Labute approximate surface area is 123 Å². The lowest BCUT2D eigenvalue weighted by molar-refractivity contribution is -0.0165. The highest BCUT2D eigenvalue weighted by Crippen LogP contribution is 2.25. The number of hydrogen-bond acceptors (Lipinski definition) is 3. The molecule has 2 aromatic rings. The number of rotatable bonds is 2. The molecule has 1 aliphatic rings. The van der Waals surface area contributed by atoms with Crippen LogP contribution < -0.4 is 5.32 Å². The van der Waals surface area contributed by atoms with E-state index >= 15 is 0 Å². The summed E-state index contributed by atoms with van der Waals surface area (Å²) < 4.78 is 5.36. The molecule has 4 heteroatoms. The second kappa shape index (κ2) is 6.14. The predicted molar refractivity (Wildman–Crippen MR) is 82.3 cm³/mol. The zero-order chi connectivity index (χ0) is 14.7. The molecule has 21 heavy (non-hydrogen) atoms. The minimum atomic E-state index is -0.544. The molecule has 0 heterocycles. The van der Waals surface area contributed by atoms with Crippen LogP contribution >= 0.6 is 0 Å². The van der Waals surface area contributed by atoms with Crippen molar-refractivity contribution in [3.8, 4) is 0 Å². The van der Waals surface area contributed by atoms with Crippen LogP contribution in [0.3, 0.4) is 0 Å². The molecular weight excluding hydrogens is 266 g/mol. The summed E-state index contributed by atoms with van der Waals surface area (Å²) in [4.78, 5) is 12.0. The maximum atomic E-state index is 12.0. The summed E-state index contributed by atoms with van der Waals surface area (Å²) in [5, 5.41) is 14.7. The molecule has 110 valence electrons. The van der Waals surface area contributed by atoms with E-state index in [0.717, 1.165) is 35.7 Å². The highest BCUT2D eigenvalue weighted by Gasteiger charge is 2.26. The lowest BCUT2D eigenvalue weighted by Crippen LogP contribution is -2.35. The number of aliphatic hydroxyl groups excluding tert-OH is 1. The minimum Gasteiger partial charge on any atom is -0.443 e. The van der Waals surface area contributed by atoms with Crippen molar-refractivity contribution in [2.45, 2.75) is 37.9 Å². The quantitative estimate of drug-likeness (QED) is 0.884. The van der Waals surface area contributed by atoms with E-state index in [9.17, 15) is 9.90 Å². The fourth-order valence-corrected chi connectivity index (χ4v) is 2.83. The first-order valence-corrected chi connectivity index (χ1v) is 7.37. The van der Waals surface area contributed by atoms with Gasteiger partial charge in [-0.3, -0.25) is 5.32 Å². The Morgan fingerprint density at radius 2 is 1.86 bits per heavy atom. The molecule has 1 saturated carbocycles. The Bertz CT molecular complexity index is 635. The number of aliphatic hydroxyl groups is 1. The van der Waals surface area contributed by atoms with Crippen LogP contribution in [0.2, 0.25) is 0 Å². The number of carbonyl (C=O) groups excluding carboxylic acids is 1. The van der Waals surface area contributed by atoms with E-state index in [4.69, 9.17) is 4.74 Å². The third-order valence-corrected chi connectivity index (χ3v) is 3.95. The fourth-order valence-electron chi connectivity index (χ4n) is 2.83. The van der Waals surface area contributed by atoms with Gasteiger partial charge in [0.25, 0.3) is 0 Å². The smallest absolute Gasteiger partial charge is 0.412 e. The SMILES string of the molecule is O=C(Nc1cccc2ccccc12)O[C@@H]1CCCC[C@@H]1O. The van der Waals surface area contributed by atoms with Crippen LogP contribution in [-0.2, 0) is 4.74 Å². The third-order valence-electron chi connectivity index (χ3n) is 3.95. The summed E-state index contributed by atoms with van der Waals surface area (Å²) in [6, 6.07) is 13.6. The van der Waals surface area contributed by atoms with E-state index < -0.39 is 18.3 Å². The number of carbonyl (C=O) groups is 1. The standard InChI is InChI=1S/C17H19NO3/c19-15-10-3-4-11-16(15)21-17(20)18-14-9-5-7-12-6-1-2-8-13(12)14/h1-2,5-9,15-16,19H,3-4,10-11H2,(H,18,20)/t15-,16+/m0/s1. The predicted octanol–water partition coefficient (Wildman–Crippen LogP) is 3.69. The van der Waals surface area contributed by atoms with Crippen molar-refractivity contribution in [2.75, 3.05) is 5.32 Å². The first-order chi connectivity index (χ1) is 10.2. The molecule has 0 saturated heterocycles. The summed E-state index contributed by atoms with van der Waals surface area (Å²) in [7, 11) is 0. The van der Waals surface area contributed by atoms with Crippen molar-refractivity contribution >= 4 is 22.6 Å². The van der Waals surface area contributed by atoms with Gasteiger partial charge in [-0.05, 0) is 30.7 Å². The molecule has 1 aliphatic carbocycles. The average Bonchev–Trinajstić information content (AvgIpc) is 2.50. The third kappa shape index (κ3) is 3.16. The van der Waals surface area contributed by atoms with E-state index in [1.165, 1.54) is 0 Å². The monoisotopic (exact) mass is 285 g/mol. The topological polar surface area (TPSA) is 58.6 Å². The number of anilines is 1. The van der Waals surface area contributed by atoms with Gasteiger partial charge in [-0.1, -0.05) is 42.8 Å². The van der Waals surface area contributed by atoms with Crippen LogP contribution in [0.5, 0.6) is 0 Å². The van der Waals surface area contributed by atoms with Crippen LogP contribution in [-0.4, -0.2) is 23.4 Å². The van der Waals surface area contributed by atoms with Gasteiger partial charge in [-0.15, -0.1) is 0 Å². The number of ether oxygens (including phenoxy) is 1. The van der Waals surface area contributed by atoms with Crippen molar-refractivity contribution < 1.29 is 14.6 Å². The fraction of sp³-hybridized carbons (Fsp3) is 0.353. The number of nitrogens with one attached hydrogen (secondary N) is 1. The Hall–Kier alpha value is -2.07. The van der Waals surface area contributed by atoms with Crippen molar-refractivity contribution in [1.82, 2.24) is 0 Å². The lowest BCUT2D eigenvalue weighted by Gasteiger charge is -2.27. The van der Waals surface area contributed by atoms with Crippen LogP contribution in [0, 0.1) is 0 Å². The molecule has 2 aromatic carbocycles. The first-order valence-electron chi connectivity index (χ1n) is 7.37. The van der Waals surface area contributed by atoms with E-state index in [0.29, 0.717) is 6.42 Å². The largest absolute Gasteiger partial charge is 0.443 e. The average molecular weight is 285 g/mol. The Morgan fingerprint density at radius 1 is 1.10 bits per heavy atom. The van der Waals surface area contributed by atoms with Gasteiger partial charge in [0, 0.05) is 5.39 Å². The second-order valence-corrected chi connectivity index (χ2v) is 5.45. The molecule has 0 unspecified atom stereocenters. The molecule has 4 nitrogen and oxygen atoms in total. The Morgan fingerprint density at radius 3 is 2.71 bits per heavy atom. The molecule has 1 fully saturated rings. The van der Waals surface area contributed by atoms with E-state index in [1.54, 1.807) is 0 Å². The first kappa shape index (κ1) is 13.9. The molecule has 1 amide bonds. The van der Waals surface area contributed by atoms with Gasteiger partial charge >= 0.3 is 6.09 Å². The summed E-state index contributed by atoms with van der Waals surface area (Å²) in [6.45, 7) is 0. The maximum absolute atomic E-state index is 12.0. The van der Waals surface area contributed by atoms with E-state index in [2.05, 4.69) is 5.32 Å². The molecular formula is C17H19NO3. The summed E-state index contributed by atoms with van der Waals surface area (Å²) >= 11 is 0. The molecule has 0 aliphatic heterocycles. The van der Waals surface area contributed by atoms with Crippen molar-refractivity contribution in [3.63, 3.8) is 0 Å². The zero-order valence-corrected chi connectivity index (χ0v) is 11.8. The zero-order valence-electron chi connectivity index (χ0n) is 11.8. The molecule has 0 spiro atoms. The normalized spacial score (nSPS) is 22.0. The van der Waals surface area contributed by atoms with Gasteiger partial charge < -0.3 is 9.84 Å². The van der Waals surface area contributed by atoms with Crippen molar-refractivity contribution in [2.24, 2.45) is 0 Å². The van der Waals surface area contributed by atoms with Gasteiger partial charge in [0.1, 0.15) is 6.10 Å². The van der Waals surface area contributed by atoms with Gasteiger partial charge in [-0.25, -0.2) is 4.79 Å². The number of fused-ring (bicyclic) bond motifs is 1. The number of benzene rings is 2. The van der Waals surface area contributed by atoms with Crippen molar-refractivity contribution in [1.29, 1.82) is 0 Å². The number of amides is 1. The molecule has 0 bridgehead atoms. The molecule has 2 N–H and O–H groups in total. The number of hydrogen-bond donors (Lipinski definition) is 2. The Balaban J connectivity index is 1.71. The lowest BCUT2D eigenvalue weighted by atomic mass is 9.95. The van der Waals surface area contributed by atoms with Gasteiger partial charge in [0.2, 0.25) is 0 Å². The molecule has 0 radical (unpaired) electrons. The highest BCUT2D eigenvalue weighted by molar-refractivity contribution is 6.00. The summed E-state index contributed by atoms with van der Waals surface area (Å²) in [6.07, 6.45) is 1.97. The minimum absolute atomic E-state index is 0.395. The second-order valence-electron chi connectivity index (χ2n) is 5.45. The van der Waals surface area contributed by atoms with Crippen molar-refractivity contribution in [3.05, 3.63) is 42.5 Å². The van der Waals surface area contributed by atoms with Crippen LogP contribution in [0.4, 0.5) is 10.5 Å². The summed E-state index contributed by atoms with van der Waals surface area (Å²) in [5.41, 5.74) is 0.725. The molecule has 0 aromatic heterocycles. The highest BCUT2D eigenvalue weighted by atomic mass is 16.6.